The van der Waals surface area contributed by atoms with Gasteiger partial charge in [-0.15, -0.1) is 0 Å². The van der Waals surface area contributed by atoms with Crippen LogP contribution in [-0.4, -0.2) is 15.0 Å². The Morgan fingerprint density at radius 2 is 2.06 bits per heavy atom. The van der Waals surface area contributed by atoms with Crippen molar-refractivity contribution in [1.82, 2.24) is 9.97 Å². The molecule has 0 aliphatic carbocycles. The second kappa shape index (κ2) is 4.10. The first kappa shape index (κ1) is 11.5. The predicted octanol–water partition coefficient (Wildman–Crippen LogP) is 3.61. The van der Waals surface area contributed by atoms with Gasteiger partial charge < -0.3 is 4.74 Å². The smallest absolute Gasteiger partial charge is 0.404 e. The standard InChI is InChI=1S/C9H4BrClF2N2O/c10-9(12,13)16-8-4-14-7-3-5(11)1-2-6(7)15-8/h1-4H. The van der Waals surface area contributed by atoms with Gasteiger partial charge in [0.1, 0.15) is 0 Å². The molecule has 0 fully saturated rings. The summed E-state index contributed by atoms with van der Waals surface area (Å²) in [5, 5.41) is -2.96. The maximum absolute atomic E-state index is 12.5. The number of hydrogen-bond acceptors (Lipinski definition) is 3. The Morgan fingerprint density at radius 1 is 1.31 bits per heavy atom. The van der Waals surface area contributed by atoms with E-state index in [0.717, 1.165) is 6.20 Å². The van der Waals surface area contributed by atoms with Gasteiger partial charge in [-0.1, -0.05) is 11.6 Å². The quantitative estimate of drug-likeness (QED) is 0.795. The summed E-state index contributed by atoms with van der Waals surface area (Å²) in [6.45, 7) is 0. The van der Waals surface area contributed by atoms with E-state index in [1.165, 1.54) is 0 Å². The molecule has 7 heteroatoms. The van der Waals surface area contributed by atoms with Crippen LogP contribution in [0.25, 0.3) is 11.0 Å². The van der Waals surface area contributed by atoms with Crippen molar-refractivity contribution in [2.24, 2.45) is 0 Å². The lowest BCUT2D eigenvalue weighted by Gasteiger charge is -2.09. The summed E-state index contributed by atoms with van der Waals surface area (Å²) in [6, 6.07) is 4.75. The van der Waals surface area contributed by atoms with Gasteiger partial charge in [0, 0.05) is 21.0 Å². The number of ether oxygens (including phenoxy) is 1. The topological polar surface area (TPSA) is 35.0 Å². The Labute approximate surface area is 103 Å². The number of halogens is 4. The fourth-order valence-corrected chi connectivity index (χ4v) is 1.47. The molecule has 0 saturated heterocycles. The third-order valence-electron chi connectivity index (χ3n) is 1.70. The molecule has 2 aromatic rings. The highest BCUT2D eigenvalue weighted by atomic mass is 79.9. The second-order valence-electron chi connectivity index (χ2n) is 2.89. The molecule has 0 spiro atoms. The maximum Gasteiger partial charge on any atom is 0.460 e. The number of rotatable bonds is 2. The first-order valence-electron chi connectivity index (χ1n) is 4.12. The van der Waals surface area contributed by atoms with Gasteiger partial charge >= 0.3 is 5.02 Å². The van der Waals surface area contributed by atoms with Crippen LogP contribution in [0, 0.1) is 0 Å². The van der Waals surface area contributed by atoms with E-state index in [-0.39, 0.29) is 5.88 Å². The summed E-state index contributed by atoms with van der Waals surface area (Å²) in [5.41, 5.74) is 0.941. The molecule has 84 valence electrons. The molecule has 0 amide bonds. The van der Waals surface area contributed by atoms with Gasteiger partial charge in [0.15, 0.2) is 0 Å². The number of alkyl halides is 3. The monoisotopic (exact) mass is 308 g/mol. The zero-order valence-electron chi connectivity index (χ0n) is 7.62. The van der Waals surface area contributed by atoms with E-state index < -0.39 is 5.02 Å². The van der Waals surface area contributed by atoms with E-state index in [2.05, 4.69) is 14.7 Å². The van der Waals surface area contributed by atoms with E-state index in [0.29, 0.717) is 16.1 Å². The van der Waals surface area contributed by atoms with E-state index in [9.17, 15) is 8.78 Å². The third-order valence-corrected chi connectivity index (χ3v) is 2.10. The summed E-state index contributed by atoms with van der Waals surface area (Å²) in [6.07, 6.45) is 1.10. The molecule has 16 heavy (non-hydrogen) atoms. The molecule has 0 N–H and O–H groups in total. The van der Waals surface area contributed by atoms with E-state index in [1.54, 1.807) is 18.2 Å². The first-order chi connectivity index (χ1) is 7.44. The highest BCUT2D eigenvalue weighted by Crippen LogP contribution is 2.26. The van der Waals surface area contributed by atoms with Gasteiger partial charge in [-0.05, 0) is 18.2 Å². The Bertz CT molecular complexity index is 532. The Hall–Kier alpha value is -1.01. The number of fused-ring (bicyclic) bond motifs is 1. The lowest BCUT2D eigenvalue weighted by Crippen LogP contribution is -2.15. The largest absolute Gasteiger partial charge is 0.460 e. The molecular formula is C9H4BrClF2N2O. The van der Waals surface area contributed by atoms with Crippen molar-refractivity contribution >= 4 is 38.6 Å². The van der Waals surface area contributed by atoms with Crippen molar-refractivity contribution in [3.8, 4) is 5.88 Å². The molecule has 0 atom stereocenters. The van der Waals surface area contributed by atoms with Crippen molar-refractivity contribution in [1.29, 1.82) is 0 Å². The van der Waals surface area contributed by atoms with Crippen LogP contribution in [-0.2, 0) is 0 Å². The van der Waals surface area contributed by atoms with Crippen molar-refractivity contribution in [2.75, 3.05) is 0 Å². The van der Waals surface area contributed by atoms with Crippen LogP contribution in [0.15, 0.2) is 24.4 Å². The molecule has 2 rings (SSSR count). The molecule has 0 saturated carbocycles. The molecule has 0 radical (unpaired) electrons. The Kier molecular flexibility index (Phi) is 2.94. The zero-order valence-corrected chi connectivity index (χ0v) is 9.97. The molecule has 0 unspecified atom stereocenters. The fourth-order valence-electron chi connectivity index (χ4n) is 1.13. The average molecular weight is 309 g/mol. The Balaban J connectivity index is 2.41. The first-order valence-corrected chi connectivity index (χ1v) is 5.29. The number of hydrogen-bond donors (Lipinski definition) is 0. The molecule has 1 aromatic heterocycles. The lowest BCUT2D eigenvalue weighted by molar-refractivity contribution is -0.0830. The minimum Gasteiger partial charge on any atom is -0.404 e. The molecular weight excluding hydrogens is 305 g/mol. The number of benzene rings is 1. The Morgan fingerprint density at radius 3 is 2.75 bits per heavy atom. The molecule has 3 nitrogen and oxygen atoms in total. The van der Waals surface area contributed by atoms with Crippen LogP contribution in [0.5, 0.6) is 5.88 Å². The summed E-state index contributed by atoms with van der Waals surface area (Å²) in [7, 11) is 0. The van der Waals surface area contributed by atoms with E-state index >= 15 is 0 Å². The van der Waals surface area contributed by atoms with Gasteiger partial charge in [0.2, 0.25) is 5.88 Å². The summed E-state index contributed by atoms with van der Waals surface area (Å²) in [5.74, 6) is -0.267. The van der Waals surface area contributed by atoms with Crippen LogP contribution in [0.3, 0.4) is 0 Å². The molecule has 1 aromatic carbocycles. The normalized spacial score (nSPS) is 11.8. The maximum atomic E-state index is 12.5. The van der Waals surface area contributed by atoms with Gasteiger partial charge in [-0.25, -0.2) is 9.97 Å². The van der Waals surface area contributed by atoms with Gasteiger partial charge in [0.05, 0.1) is 17.2 Å². The van der Waals surface area contributed by atoms with Crippen LogP contribution < -0.4 is 4.74 Å². The third kappa shape index (κ3) is 2.76. The average Bonchev–Trinajstić information content (AvgIpc) is 2.16. The lowest BCUT2D eigenvalue weighted by atomic mass is 10.3. The van der Waals surface area contributed by atoms with Crippen molar-refractivity contribution in [3.05, 3.63) is 29.4 Å². The van der Waals surface area contributed by atoms with E-state index in [1.807, 2.05) is 15.9 Å². The van der Waals surface area contributed by atoms with Crippen LogP contribution in [0.1, 0.15) is 0 Å². The van der Waals surface area contributed by atoms with Gasteiger partial charge in [-0.3, -0.25) is 0 Å². The van der Waals surface area contributed by atoms with Crippen LogP contribution in [0.4, 0.5) is 8.78 Å². The minimum absolute atomic E-state index is 0.267. The second-order valence-corrected chi connectivity index (χ2v) is 4.25. The van der Waals surface area contributed by atoms with Crippen molar-refractivity contribution in [2.45, 2.75) is 5.02 Å². The van der Waals surface area contributed by atoms with E-state index in [4.69, 9.17) is 11.6 Å². The molecule has 1 heterocycles. The molecule has 0 aliphatic heterocycles. The van der Waals surface area contributed by atoms with Crippen molar-refractivity contribution in [3.63, 3.8) is 0 Å². The zero-order chi connectivity index (χ0) is 11.8. The van der Waals surface area contributed by atoms with Crippen LogP contribution >= 0.6 is 27.5 Å². The SMILES string of the molecule is FC(F)(Br)Oc1cnc2cc(Cl)ccc2n1. The number of nitrogens with zero attached hydrogens (tertiary/aromatic N) is 2. The van der Waals surface area contributed by atoms with Gasteiger partial charge in [-0.2, -0.15) is 8.78 Å². The highest BCUT2D eigenvalue weighted by Gasteiger charge is 2.27. The fraction of sp³-hybridized carbons (Fsp3) is 0.111. The van der Waals surface area contributed by atoms with Crippen LogP contribution in [0.2, 0.25) is 5.02 Å². The minimum atomic E-state index is -3.46. The summed E-state index contributed by atoms with van der Waals surface area (Å²) >= 11 is 7.78. The summed E-state index contributed by atoms with van der Waals surface area (Å²) < 4.78 is 29.2. The highest BCUT2D eigenvalue weighted by molar-refractivity contribution is 9.09. The van der Waals surface area contributed by atoms with Crippen molar-refractivity contribution < 1.29 is 13.5 Å². The molecule has 0 aliphatic rings. The number of aromatic nitrogens is 2. The molecule has 0 bridgehead atoms. The van der Waals surface area contributed by atoms with Gasteiger partial charge in [0.25, 0.3) is 0 Å². The predicted molar refractivity (Wildman–Crippen MR) is 59.1 cm³/mol. The summed E-state index contributed by atoms with van der Waals surface area (Å²) in [4.78, 5) is 7.75.